The highest BCUT2D eigenvalue weighted by Gasteiger charge is 2.17. The summed E-state index contributed by atoms with van der Waals surface area (Å²) in [5.74, 6) is 0.372. The van der Waals surface area contributed by atoms with E-state index in [4.69, 9.17) is 9.47 Å². The van der Waals surface area contributed by atoms with Crippen LogP contribution in [-0.2, 0) is 0 Å². The molecule has 9 nitrogen and oxygen atoms in total. The molecule has 170 valence electrons. The van der Waals surface area contributed by atoms with Gasteiger partial charge in [0.15, 0.2) is 11.5 Å². The summed E-state index contributed by atoms with van der Waals surface area (Å²) in [6.45, 7) is 2.10. The van der Waals surface area contributed by atoms with Gasteiger partial charge in [-0.3, -0.25) is 4.79 Å². The maximum atomic E-state index is 12.7. The zero-order valence-corrected chi connectivity index (χ0v) is 18.1. The first-order valence-corrected chi connectivity index (χ1v) is 10.5. The van der Waals surface area contributed by atoms with Crippen molar-refractivity contribution in [3.8, 4) is 11.5 Å². The summed E-state index contributed by atoms with van der Waals surface area (Å²) in [7, 11) is 0. The molecule has 4 aromatic rings. The topological polar surface area (TPSA) is 123 Å². The van der Waals surface area contributed by atoms with Crippen molar-refractivity contribution >= 4 is 34.3 Å². The number of para-hydroxylation sites is 1. The van der Waals surface area contributed by atoms with Crippen LogP contribution in [0.4, 0.5) is 11.5 Å². The Balaban J connectivity index is 1.35. The van der Waals surface area contributed by atoms with Crippen molar-refractivity contribution in [2.45, 2.75) is 13.0 Å². The minimum Gasteiger partial charge on any atom is -0.478 e. The molecule has 0 bridgehead atoms. The number of carbonyl (C=O) groups excluding carboxylic acids is 1. The fourth-order valence-electron chi connectivity index (χ4n) is 3.79. The van der Waals surface area contributed by atoms with E-state index in [1.807, 2.05) is 25.1 Å². The number of nitrogens with zero attached hydrogens (tertiary/aromatic N) is 2. The molecule has 1 aliphatic heterocycles. The first-order chi connectivity index (χ1) is 16.5. The summed E-state index contributed by atoms with van der Waals surface area (Å²) < 4.78 is 10.6. The van der Waals surface area contributed by atoms with Gasteiger partial charge in [0.1, 0.15) is 12.1 Å². The molecule has 1 atom stereocenters. The predicted octanol–water partition coefficient (Wildman–Crippen LogP) is 4.48. The second-order valence-corrected chi connectivity index (χ2v) is 7.74. The Labute approximate surface area is 194 Å². The highest BCUT2D eigenvalue weighted by Crippen LogP contribution is 2.33. The first kappa shape index (κ1) is 21.2. The number of fused-ring (bicyclic) bond motifs is 2. The molecule has 0 aliphatic carbocycles. The Hall–Kier alpha value is -4.66. The molecule has 0 saturated carbocycles. The van der Waals surface area contributed by atoms with E-state index in [1.165, 1.54) is 12.4 Å². The van der Waals surface area contributed by atoms with E-state index in [9.17, 15) is 14.7 Å². The molecule has 1 aliphatic rings. The Morgan fingerprint density at radius 3 is 2.68 bits per heavy atom. The molecular weight excluding hydrogens is 436 g/mol. The number of carboxylic acid groups (broad SMARTS) is 1. The van der Waals surface area contributed by atoms with Crippen LogP contribution in [0.15, 0.2) is 67.0 Å². The summed E-state index contributed by atoms with van der Waals surface area (Å²) >= 11 is 0. The second-order valence-electron chi connectivity index (χ2n) is 7.74. The SMILES string of the molecule is C[C@@H](Nc1ncnc2c(C(=O)O)cccc12)c1cccc(NC(=O)c2ccc3c(c2)OCO3)c1. The monoisotopic (exact) mass is 456 g/mol. The number of carbonyl (C=O) groups is 2. The molecule has 1 aromatic heterocycles. The van der Waals surface area contributed by atoms with Crippen molar-refractivity contribution in [3.63, 3.8) is 0 Å². The summed E-state index contributed by atoms with van der Waals surface area (Å²) in [6, 6.07) is 17.3. The number of hydrogen-bond acceptors (Lipinski definition) is 7. The third-order valence-corrected chi connectivity index (χ3v) is 5.53. The lowest BCUT2D eigenvalue weighted by Gasteiger charge is -2.17. The third-order valence-electron chi connectivity index (χ3n) is 5.53. The summed E-state index contributed by atoms with van der Waals surface area (Å²) in [5.41, 5.74) is 2.48. The molecule has 0 spiro atoms. The molecule has 3 N–H and O–H groups in total. The number of nitrogens with one attached hydrogen (secondary N) is 2. The smallest absolute Gasteiger partial charge is 0.337 e. The van der Waals surface area contributed by atoms with Crippen LogP contribution in [0.5, 0.6) is 11.5 Å². The van der Waals surface area contributed by atoms with E-state index in [0.717, 1.165) is 5.56 Å². The number of amides is 1. The quantitative estimate of drug-likeness (QED) is 0.388. The molecule has 0 unspecified atom stereocenters. The fraction of sp³-hybridized carbons (Fsp3) is 0.120. The number of ether oxygens (including phenoxy) is 2. The van der Waals surface area contributed by atoms with Gasteiger partial charge in [0.25, 0.3) is 5.91 Å². The molecule has 0 radical (unpaired) electrons. The fourth-order valence-corrected chi connectivity index (χ4v) is 3.79. The zero-order chi connectivity index (χ0) is 23.7. The zero-order valence-electron chi connectivity index (χ0n) is 18.1. The van der Waals surface area contributed by atoms with Gasteiger partial charge in [-0.1, -0.05) is 18.2 Å². The van der Waals surface area contributed by atoms with Crippen LogP contribution >= 0.6 is 0 Å². The van der Waals surface area contributed by atoms with E-state index in [2.05, 4.69) is 20.6 Å². The Morgan fingerprint density at radius 2 is 1.82 bits per heavy atom. The lowest BCUT2D eigenvalue weighted by atomic mass is 10.1. The van der Waals surface area contributed by atoms with Crippen molar-refractivity contribution in [1.82, 2.24) is 9.97 Å². The van der Waals surface area contributed by atoms with Gasteiger partial charge in [0, 0.05) is 16.6 Å². The molecule has 34 heavy (non-hydrogen) atoms. The number of aromatic nitrogens is 2. The van der Waals surface area contributed by atoms with E-state index in [0.29, 0.717) is 39.5 Å². The second kappa shape index (κ2) is 8.70. The number of carboxylic acids is 1. The van der Waals surface area contributed by atoms with Gasteiger partial charge in [-0.2, -0.15) is 0 Å². The van der Waals surface area contributed by atoms with Gasteiger partial charge < -0.3 is 25.2 Å². The number of benzene rings is 3. The van der Waals surface area contributed by atoms with Gasteiger partial charge in [0.05, 0.1) is 17.1 Å². The highest BCUT2D eigenvalue weighted by molar-refractivity contribution is 6.05. The molecule has 3 aromatic carbocycles. The Bertz CT molecular complexity index is 1420. The van der Waals surface area contributed by atoms with Crippen molar-refractivity contribution in [2.75, 3.05) is 17.4 Å². The molecule has 9 heteroatoms. The lowest BCUT2D eigenvalue weighted by Crippen LogP contribution is -2.13. The van der Waals surface area contributed by atoms with Gasteiger partial charge in [-0.15, -0.1) is 0 Å². The average molecular weight is 456 g/mol. The first-order valence-electron chi connectivity index (χ1n) is 10.5. The number of rotatable bonds is 6. The van der Waals surface area contributed by atoms with Gasteiger partial charge in [-0.25, -0.2) is 14.8 Å². The minimum absolute atomic E-state index is 0.115. The Kier molecular flexibility index (Phi) is 5.43. The lowest BCUT2D eigenvalue weighted by molar-refractivity contribution is 0.0698. The summed E-state index contributed by atoms with van der Waals surface area (Å²) in [5, 5.41) is 16.3. The summed E-state index contributed by atoms with van der Waals surface area (Å²) in [6.07, 6.45) is 1.34. The van der Waals surface area contributed by atoms with E-state index >= 15 is 0 Å². The molecule has 2 heterocycles. The maximum Gasteiger partial charge on any atom is 0.337 e. The third kappa shape index (κ3) is 4.06. The number of anilines is 2. The van der Waals surface area contributed by atoms with Crippen molar-refractivity contribution in [2.24, 2.45) is 0 Å². The van der Waals surface area contributed by atoms with Crippen LogP contribution < -0.4 is 20.1 Å². The van der Waals surface area contributed by atoms with Crippen LogP contribution in [0, 0.1) is 0 Å². The van der Waals surface area contributed by atoms with Crippen LogP contribution in [0.3, 0.4) is 0 Å². The van der Waals surface area contributed by atoms with Crippen LogP contribution in [-0.4, -0.2) is 33.7 Å². The van der Waals surface area contributed by atoms with Gasteiger partial charge >= 0.3 is 5.97 Å². The van der Waals surface area contributed by atoms with Gasteiger partial charge in [-0.05, 0) is 55.0 Å². The molecule has 0 fully saturated rings. The van der Waals surface area contributed by atoms with Crippen molar-refractivity contribution in [1.29, 1.82) is 0 Å². The van der Waals surface area contributed by atoms with Crippen molar-refractivity contribution < 1.29 is 24.2 Å². The van der Waals surface area contributed by atoms with E-state index < -0.39 is 5.97 Å². The van der Waals surface area contributed by atoms with Crippen LogP contribution in [0.25, 0.3) is 10.9 Å². The standard InChI is InChI=1S/C25H20N4O5/c1-14(28-23-18-6-3-7-19(25(31)32)22(18)26-12-27-23)15-4-2-5-17(10-15)29-24(30)16-8-9-20-21(11-16)34-13-33-20/h2-12,14H,13H2,1H3,(H,29,30)(H,31,32)(H,26,27,28)/t14-/m1/s1. The molecular formula is C25H20N4O5. The molecule has 1 amide bonds. The van der Waals surface area contributed by atoms with E-state index in [-0.39, 0.29) is 24.3 Å². The van der Waals surface area contributed by atoms with Crippen LogP contribution in [0.1, 0.15) is 39.2 Å². The normalized spacial score (nSPS) is 12.9. The minimum atomic E-state index is -1.05. The largest absolute Gasteiger partial charge is 0.478 e. The molecule has 0 saturated heterocycles. The highest BCUT2D eigenvalue weighted by atomic mass is 16.7. The maximum absolute atomic E-state index is 12.7. The van der Waals surface area contributed by atoms with Crippen molar-refractivity contribution in [3.05, 3.63) is 83.7 Å². The number of aromatic carboxylic acids is 1. The molecule has 5 rings (SSSR count). The van der Waals surface area contributed by atoms with E-state index in [1.54, 1.807) is 36.4 Å². The number of hydrogen-bond donors (Lipinski definition) is 3. The summed E-state index contributed by atoms with van der Waals surface area (Å²) in [4.78, 5) is 32.7. The predicted molar refractivity (Wildman–Crippen MR) is 125 cm³/mol. The van der Waals surface area contributed by atoms with Gasteiger partial charge in [0.2, 0.25) is 6.79 Å². The average Bonchev–Trinajstić information content (AvgIpc) is 3.32. The van der Waals surface area contributed by atoms with Crippen LogP contribution in [0.2, 0.25) is 0 Å². The Morgan fingerprint density at radius 1 is 1.00 bits per heavy atom.